The zero-order valence-electron chi connectivity index (χ0n) is 14.9. The summed E-state index contributed by atoms with van der Waals surface area (Å²) in [6, 6.07) is 6.28. The first kappa shape index (κ1) is 24.0. The van der Waals surface area contributed by atoms with Gasteiger partial charge in [-0.15, -0.1) is 0 Å². The van der Waals surface area contributed by atoms with Crippen molar-refractivity contribution >= 4 is 35.2 Å². The van der Waals surface area contributed by atoms with Gasteiger partial charge in [-0.2, -0.15) is 40.6 Å². The van der Waals surface area contributed by atoms with Crippen LogP contribution >= 0.6 is 23.8 Å². The molecule has 2 rings (SSSR count). The number of anilines is 2. The van der Waals surface area contributed by atoms with E-state index in [-0.39, 0.29) is 0 Å². The number of hydrogen-bond acceptors (Lipinski definition) is 8. The molecule has 15 heteroatoms. The first-order valence-electron chi connectivity index (χ1n) is 7.77. The van der Waals surface area contributed by atoms with E-state index in [1.165, 1.54) is 7.05 Å². The van der Waals surface area contributed by atoms with Crippen LogP contribution in [0.15, 0.2) is 30.6 Å². The Bertz CT molecular complexity index is 789. The van der Waals surface area contributed by atoms with Gasteiger partial charge in [0.15, 0.2) is 18.9 Å². The first-order valence-corrected chi connectivity index (χ1v) is 8.85. The van der Waals surface area contributed by atoms with E-state index in [0.717, 1.165) is 4.31 Å². The summed E-state index contributed by atoms with van der Waals surface area (Å²) in [4.78, 5) is 7.09. The van der Waals surface area contributed by atoms with E-state index in [4.69, 9.17) is 15.9 Å². The smallest absolute Gasteiger partial charge is 0.422 e. The lowest BCUT2D eigenvalue weighted by molar-refractivity contribution is -0.154. The number of halogens is 7. The van der Waals surface area contributed by atoms with E-state index < -0.39 is 43.0 Å². The molecular weight excluding hydrogens is 466 g/mol. The summed E-state index contributed by atoms with van der Waals surface area (Å²) in [5.41, 5.74) is 2.59. The maximum absolute atomic E-state index is 12.5. The Morgan fingerprint density at radius 3 is 1.93 bits per heavy atom. The van der Waals surface area contributed by atoms with Gasteiger partial charge < -0.3 is 9.47 Å². The standard InChI is InChI=1S/C15H13ClF6N4O3S/c1-26(30-29-25-10-4-2-9(16)3-5-10)11-12(27-6-14(17,18)19)23-8-24-13(11)28-7-15(20,21)22/h2-5,8,25H,6-7H2,1H3. The molecule has 0 saturated carbocycles. The number of nitrogens with one attached hydrogen (secondary N) is 1. The van der Waals surface area contributed by atoms with Gasteiger partial charge in [0.25, 0.3) is 0 Å². The summed E-state index contributed by atoms with van der Waals surface area (Å²) >= 11 is 6.26. The van der Waals surface area contributed by atoms with Crippen molar-refractivity contribution in [2.45, 2.75) is 12.4 Å². The van der Waals surface area contributed by atoms with E-state index in [2.05, 4.69) is 24.9 Å². The summed E-state index contributed by atoms with van der Waals surface area (Å²) in [5.74, 6) is -1.30. The van der Waals surface area contributed by atoms with Gasteiger partial charge in [0.2, 0.25) is 11.8 Å². The number of hydrogen-bond donors (Lipinski definition) is 1. The van der Waals surface area contributed by atoms with Crippen LogP contribution in [0, 0.1) is 0 Å². The largest absolute Gasteiger partial charge is 0.466 e. The molecular formula is C15H13ClF6N4O3S. The number of benzene rings is 1. The Morgan fingerprint density at radius 2 is 1.47 bits per heavy atom. The second-order valence-electron chi connectivity index (χ2n) is 5.40. The highest BCUT2D eigenvalue weighted by molar-refractivity contribution is 7.96. The molecule has 30 heavy (non-hydrogen) atoms. The Morgan fingerprint density at radius 1 is 0.967 bits per heavy atom. The zero-order valence-corrected chi connectivity index (χ0v) is 16.5. The predicted octanol–water partition coefficient (Wildman–Crippen LogP) is 5.06. The van der Waals surface area contributed by atoms with Crippen molar-refractivity contribution < 1.29 is 40.1 Å². The molecule has 0 aliphatic rings. The molecule has 0 fully saturated rings. The van der Waals surface area contributed by atoms with Crippen LogP contribution in [-0.4, -0.2) is 42.6 Å². The van der Waals surface area contributed by atoms with Gasteiger partial charge in [-0.3, -0.25) is 9.79 Å². The monoisotopic (exact) mass is 478 g/mol. The van der Waals surface area contributed by atoms with Crippen LogP contribution in [0.1, 0.15) is 0 Å². The number of ether oxygens (including phenoxy) is 2. The third-order valence-corrected chi connectivity index (χ3v) is 3.78. The fourth-order valence-corrected chi connectivity index (χ4v) is 2.41. The molecule has 0 spiro atoms. The highest BCUT2D eigenvalue weighted by Gasteiger charge is 2.32. The van der Waals surface area contributed by atoms with Crippen molar-refractivity contribution in [2.75, 3.05) is 30.0 Å². The fraction of sp³-hybridized carbons (Fsp3) is 0.333. The Balaban J connectivity index is 2.15. The predicted molar refractivity (Wildman–Crippen MR) is 97.3 cm³/mol. The van der Waals surface area contributed by atoms with Crippen LogP contribution in [0.25, 0.3) is 0 Å². The number of alkyl halides is 6. The summed E-state index contributed by atoms with van der Waals surface area (Å²) in [6.07, 6.45) is -8.69. The highest BCUT2D eigenvalue weighted by atomic mass is 35.5. The molecule has 1 N–H and O–H groups in total. The van der Waals surface area contributed by atoms with Crippen molar-refractivity contribution in [3.63, 3.8) is 0 Å². The summed E-state index contributed by atoms with van der Waals surface area (Å²) in [7, 11) is 1.27. The third kappa shape index (κ3) is 8.20. The van der Waals surface area contributed by atoms with Gasteiger partial charge in [-0.25, -0.2) is 0 Å². The van der Waals surface area contributed by atoms with Crippen LogP contribution < -0.4 is 19.3 Å². The highest BCUT2D eigenvalue weighted by Crippen LogP contribution is 2.38. The van der Waals surface area contributed by atoms with Crippen LogP contribution in [0.3, 0.4) is 0 Å². The van der Waals surface area contributed by atoms with E-state index in [1.54, 1.807) is 24.3 Å². The fourth-order valence-electron chi connectivity index (χ4n) is 1.81. The van der Waals surface area contributed by atoms with Crippen molar-refractivity contribution in [1.29, 1.82) is 0 Å². The van der Waals surface area contributed by atoms with E-state index >= 15 is 0 Å². The van der Waals surface area contributed by atoms with Gasteiger partial charge >= 0.3 is 12.4 Å². The van der Waals surface area contributed by atoms with Crippen LogP contribution in [-0.2, 0) is 4.28 Å². The molecule has 0 radical (unpaired) electrons. The average molecular weight is 479 g/mol. The van der Waals surface area contributed by atoms with E-state index in [0.29, 0.717) is 29.3 Å². The van der Waals surface area contributed by atoms with E-state index in [9.17, 15) is 26.3 Å². The Labute approximate surface area is 175 Å². The lowest BCUT2D eigenvalue weighted by atomic mass is 10.3. The van der Waals surface area contributed by atoms with Gasteiger partial charge in [-0.1, -0.05) is 11.6 Å². The maximum Gasteiger partial charge on any atom is 0.422 e. The molecule has 1 aromatic heterocycles. The summed E-state index contributed by atoms with van der Waals surface area (Å²) in [5, 5.41) is 0.477. The normalized spacial score (nSPS) is 11.9. The molecule has 1 heterocycles. The molecule has 0 bridgehead atoms. The van der Waals surface area contributed by atoms with Crippen molar-refractivity contribution in [3.05, 3.63) is 35.6 Å². The van der Waals surface area contributed by atoms with Crippen LogP contribution in [0.2, 0.25) is 5.02 Å². The molecule has 0 amide bonds. The molecule has 166 valence electrons. The lowest BCUT2D eigenvalue weighted by Crippen LogP contribution is -2.23. The Kier molecular flexibility index (Phi) is 8.09. The van der Waals surface area contributed by atoms with Gasteiger partial charge in [-0.05, 0) is 24.3 Å². The van der Waals surface area contributed by atoms with Crippen LogP contribution in [0.5, 0.6) is 11.8 Å². The third-order valence-electron chi connectivity index (χ3n) is 2.97. The lowest BCUT2D eigenvalue weighted by Gasteiger charge is -2.22. The second-order valence-corrected chi connectivity index (χ2v) is 6.70. The SMILES string of the molecule is CN(SONc1ccc(Cl)cc1)c1c(OCC(F)(F)F)ncnc1OCC(F)(F)F. The molecule has 0 saturated heterocycles. The maximum atomic E-state index is 12.5. The number of aromatic nitrogens is 2. The minimum absolute atomic E-state index is 0.395. The van der Waals surface area contributed by atoms with Gasteiger partial charge in [0.05, 0.1) is 5.69 Å². The molecule has 1 aromatic carbocycles. The molecule has 0 atom stereocenters. The molecule has 0 aliphatic heterocycles. The number of nitrogens with zero attached hydrogens (tertiary/aromatic N) is 3. The molecule has 0 aliphatic carbocycles. The summed E-state index contributed by atoms with van der Waals surface area (Å²) < 4.78 is 90.2. The molecule has 2 aromatic rings. The first-order chi connectivity index (χ1) is 13.9. The van der Waals surface area contributed by atoms with Crippen molar-refractivity contribution in [2.24, 2.45) is 0 Å². The Hall–Kier alpha value is -2.32. The minimum Gasteiger partial charge on any atom is -0.466 e. The zero-order chi connectivity index (χ0) is 22.4. The van der Waals surface area contributed by atoms with Crippen molar-refractivity contribution in [3.8, 4) is 11.8 Å². The van der Waals surface area contributed by atoms with Crippen LogP contribution in [0.4, 0.5) is 37.7 Å². The quantitative estimate of drug-likeness (QED) is 0.232. The summed E-state index contributed by atoms with van der Waals surface area (Å²) in [6.45, 7) is -3.45. The van der Waals surface area contributed by atoms with Gasteiger partial charge in [0, 0.05) is 12.1 Å². The van der Waals surface area contributed by atoms with Crippen molar-refractivity contribution in [1.82, 2.24) is 9.97 Å². The second kappa shape index (κ2) is 10.1. The van der Waals surface area contributed by atoms with Gasteiger partial charge in [0.1, 0.15) is 18.6 Å². The average Bonchev–Trinajstić information content (AvgIpc) is 2.65. The minimum atomic E-state index is -4.70. The topological polar surface area (TPSA) is 68.7 Å². The molecule has 7 nitrogen and oxygen atoms in total. The number of rotatable bonds is 9. The molecule has 0 unspecified atom stereocenters. The van der Waals surface area contributed by atoms with E-state index in [1.807, 2.05) is 0 Å².